The van der Waals surface area contributed by atoms with E-state index in [1.54, 1.807) is 4.90 Å². The third-order valence-electron chi connectivity index (χ3n) is 3.96. The summed E-state index contributed by atoms with van der Waals surface area (Å²) >= 11 is 0. The van der Waals surface area contributed by atoms with Gasteiger partial charge in [0.05, 0.1) is 0 Å². The van der Waals surface area contributed by atoms with Crippen LogP contribution >= 0.6 is 0 Å². The SMILES string of the molecule is CN1CCC(NCC2=CCN(C(=O)OC(C)(C)C)CC2)C1. The average Bonchev–Trinajstić information content (AvgIpc) is 2.81. The lowest BCUT2D eigenvalue weighted by Crippen LogP contribution is -2.40. The standard InChI is InChI=1S/C16H29N3O2/c1-16(2,3)21-15(20)19-9-5-13(6-10-19)11-17-14-7-8-18(4)12-14/h5,14,17H,6-12H2,1-4H3. The number of carbonyl (C=O) groups is 1. The molecule has 0 saturated carbocycles. The van der Waals surface area contributed by atoms with Crippen molar-refractivity contribution in [1.82, 2.24) is 15.1 Å². The van der Waals surface area contributed by atoms with E-state index in [0.717, 1.165) is 26.1 Å². The van der Waals surface area contributed by atoms with Gasteiger partial charge in [-0.05, 0) is 47.2 Å². The normalized spacial score (nSPS) is 24.1. The van der Waals surface area contributed by atoms with Crippen LogP contribution in [0.25, 0.3) is 0 Å². The fourth-order valence-electron chi connectivity index (χ4n) is 2.74. The number of nitrogens with one attached hydrogen (secondary N) is 1. The van der Waals surface area contributed by atoms with Gasteiger partial charge in [-0.1, -0.05) is 11.6 Å². The van der Waals surface area contributed by atoms with Crippen molar-refractivity contribution in [3.8, 4) is 0 Å². The van der Waals surface area contributed by atoms with Crippen LogP contribution in [0.3, 0.4) is 0 Å². The molecule has 21 heavy (non-hydrogen) atoms. The fraction of sp³-hybridized carbons (Fsp3) is 0.812. The largest absolute Gasteiger partial charge is 0.444 e. The first-order valence-corrected chi connectivity index (χ1v) is 7.91. The maximum absolute atomic E-state index is 12.0. The minimum absolute atomic E-state index is 0.205. The number of carbonyl (C=O) groups excluding carboxylic acids is 1. The number of amides is 1. The van der Waals surface area contributed by atoms with Crippen LogP contribution in [0.1, 0.15) is 33.6 Å². The highest BCUT2D eigenvalue weighted by Gasteiger charge is 2.24. The molecule has 2 aliphatic rings. The van der Waals surface area contributed by atoms with E-state index in [2.05, 4.69) is 23.3 Å². The van der Waals surface area contributed by atoms with Gasteiger partial charge in [-0.2, -0.15) is 0 Å². The van der Waals surface area contributed by atoms with Gasteiger partial charge < -0.3 is 19.9 Å². The highest BCUT2D eigenvalue weighted by atomic mass is 16.6. The van der Waals surface area contributed by atoms with Gasteiger partial charge in [0, 0.05) is 32.2 Å². The van der Waals surface area contributed by atoms with Crippen LogP contribution < -0.4 is 5.32 Å². The van der Waals surface area contributed by atoms with Crippen molar-refractivity contribution >= 4 is 6.09 Å². The molecule has 0 bridgehead atoms. The molecule has 120 valence electrons. The Labute approximate surface area is 128 Å². The molecule has 0 radical (unpaired) electrons. The summed E-state index contributed by atoms with van der Waals surface area (Å²) in [6.45, 7) is 10.4. The number of likely N-dealkylation sites (tertiary alicyclic amines) is 1. The fourth-order valence-corrected chi connectivity index (χ4v) is 2.74. The van der Waals surface area contributed by atoms with Gasteiger partial charge in [0.1, 0.15) is 5.60 Å². The maximum atomic E-state index is 12.0. The van der Waals surface area contributed by atoms with Crippen molar-refractivity contribution in [3.05, 3.63) is 11.6 Å². The molecule has 1 unspecified atom stereocenters. The summed E-state index contributed by atoms with van der Waals surface area (Å²) in [4.78, 5) is 16.1. The summed E-state index contributed by atoms with van der Waals surface area (Å²) in [5.41, 5.74) is 0.987. The molecule has 1 saturated heterocycles. The van der Waals surface area contributed by atoms with E-state index in [9.17, 15) is 4.79 Å². The van der Waals surface area contributed by atoms with Crippen molar-refractivity contribution in [3.63, 3.8) is 0 Å². The summed E-state index contributed by atoms with van der Waals surface area (Å²) in [6, 6.07) is 0.611. The molecule has 5 heteroatoms. The van der Waals surface area contributed by atoms with Crippen molar-refractivity contribution < 1.29 is 9.53 Å². The molecule has 1 fully saturated rings. The molecule has 1 atom stereocenters. The Bertz CT molecular complexity index is 401. The highest BCUT2D eigenvalue weighted by molar-refractivity contribution is 5.68. The predicted octanol–water partition coefficient (Wildman–Crippen LogP) is 1.85. The van der Waals surface area contributed by atoms with E-state index in [0.29, 0.717) is 12.6 Å². The van der Waals surface area contributed by atoms with E-state index in [-0.39, 0.29) is 6.09 Å². The third-order valence-corrected chi connectivity index (χ3v) is 3.96. The lowest BCUT2D eigenvalue weighted by atomic mass is 10.1. The minimum Gasteiger partial charge on any atom is -0.444 e. The first kappa shape index (κ1) is 16.3. The quantitative estimate of drug-likeness (QED) is 0.807. The molecule has 2 rings (SSSR count). The average molecular weight is 295 g/mol. The Morgan fingerprint density at radius 2 is 2.19 bits per heavy atom. The number of ether oxygens (including phenoxy) is 1. The Balaban J connectivity index is 1.73. The van der Waals surface area contributed by atoms with Crippen LogP contribution in [0, 0.1) is 0 Å². The zero-order valence-corrected chi connectivity index (χ0v) is 13.8. The second-order valence-electron chi connectivity index (χ2n) is 7.17. The van der Waals surface area contributed by atoms with Crippen LogP contribution in [-0.4, -0.2) is 67.3 Å². The van der Waals surface area contributed by atoms with Crippen LogP contribution in [0.5, 0.6) is 0 Å². The summed E-state index contributed by atoms with van der Waals surface area (Å²) in [6.07, 6.45) is 4.13. The molecule has 0 aromatic heterocycles. The van der Waals surface area contributed by atoms with Gasteiger partial charge in [0.25, 0.3) is 0 Å². The molecule has 2 aliphatic heterocycles. The van der Waals surface area contributed by atoms with Gasteiger partial charge in [0.2, 0.25) is 0 Å². The Morgan fingerprint density at radius 3 is 2.71 bits per heavy atom. The molecule has 0 spiro atoms. The molecule has 5 nitrogen and oxygen atoms in total. The molecule has 0 aromatic rings. The van der Waals surface area contributed by atoms with E-state index in [1.165, 1.54) is 18.5 Å². The maximum Gasteiger partial charge on any atom is 0.410 e. The molecular weight excluding hydrogens is 266 g/mol. The predicted molar refractivity (Wildman–Crippen MR) is 84.4 cm³/mol. The number of likely N-dealkylation sites (N-methyl/N-ethyl adjacent to an activating group) is 1. The number of nitrogens with zero attached hydrogens (tertiary/aromatic N) is 2. The third kappa shape index (κ3) is 5.32. The Morgan fingerprint density at radius 1 is 1.43 bits per heavy atom. The monoisotopic (exact) mass is 295 g/mol. The molecule has 0 aliphatic carbocycles. The van der Waals surface area contributed by atoms with Gasteiger partial charge in [-0.3, -0.25) is 0 Å². The van der Waals surface area contributed by atoms with E-state index >= 15 is 0 Å². The Hall–Kier alpha value is -1.07. The number of hydrogen-bond donors (Lipinski definition) is 1. The minimum atomic E-state index is -0.420. The summed E-state index contributed by atoms with van der Waals surface area (Å²) in [5.74, 6) is 0. The Kier molecular flexibility index (Phi) is 5.27. The van der Waals surface area contributed by atoms with Gasteiger partial charge in [-0.15, -0.1) is 0 Å². The van der Waals surface area contributed by atoms with Crippen molar-refractivity contribution in [2.24, 2.45) is 0 Å². The van der Waals surface area contributed by atoms with Crippen LogP contribution in [0.4, 0.5) is 4.79 Å². The smallest absolute Gasteiger partial charge is 0.410 e. The van der Waals surface area contributed by atoms with Gasteiger partial charge >= 0.3 is 6.09 Å². The zero-order chi connectivity index (χ0) is 15.5. The number of rotatable bonds is 3. The zero-order valence-electron chi connectivity index (χ0n) is 13.8. The first-order chi connectivity index (χ1) is 9.83. The van der Waals surface area contributed by atoms with Crippen molar-refractivity contribution in [2.75, 3.05) is 39.8 Å². The molecule has 1 N–H and O–H groups in total. The summed E-state index contributed by atoms with van der Waals surface area (Å²) in [5, 5.41) is 3.62. The van der Waals surface area contributed by atoms with Crippen molar-refractivity contribution in [1.29, 1.82) is 0 Å². The molecule has 1 amide bonds. The second-order valence-corrected chi connectivity index (χ2v) is 7.17. The molecule has 0 aromatic carbocycles. The highest BCUT2D eigenvalue weighted by Crippen LogP contribution is 2.15. The molecular formula is C16H29N3O2. The summed E-state index contributed by atoms with van der Waals surface area (Å²) in [7, 11) is 2.17. The van der Waals surface area contributed by atoms with E-state index in [1.807, 2.05) is 20.8 Å². The van der Waals surface area contributed by atoms with Gasteiger partial charge in [0.15, 0.2) is 0 Å². The van der Waals surface area contributed by atoms with Crippen LogP contribution in [0.2, 0.25) is 0 Å². The van der Waals surface area contributed by atoms with Crippen LogP contribution in [-0.2, 0) is 4.74 Å². The van der Waals surface area contributed by atoms with Gasteiger partial charge in [-0.25, -0.2) is 4.79 Å². The molecule has 2 heterocycles. The van der Waals surface area contributed by atoms with E-state index in [4.69, 9.17) is 4.74 Å². The van der Waals surface area contributed by atoms with Crippen LogP contribution in [0.15, 0.2) is 11.6 Å². The topological polar surface area (TPSA) is 44.8 Å². The lowest BCUT2D eigenvalue weighted by Gasteiger charge is -2.30. The van der Waals surface area contributed by atoms with Crippen molar-refractivity contribution in [2.45, 2.75) is 45.3 Å². The lowest BCUT2D eigenvalue weighted by molar-refractivity contribution is 0.0265. The number of hydrogen-bond acceptors (Lipinski definition) is 4. The summed E-state index contributed by atoms with van der Waals surface area (Å²) < 4.78 is 5.40. The second kappa shape index (κ2) is 6.79. The first-order valence-electron chi connectivity index (χ1n) is 7.91. The van der Waals surface area contributed by atoms with E-state index < -0.39 is 5.60 Å².